The molecule has 0 radical (unpaired) electrons. The molecule has 1 aliphatic heterocycles. The van der Waals surface area contributed by atoms with Crippen LogP contribution in [-0.4, -0.2) is 25.8 Å². The highest BCUT2D eigenvalue weighted by Gasteiger charge is 2.11. The van der Waals surface area contributed by atoms with Gasteiger partial charge in [-0.3, -0.25) is 0 Å². The standard InChI is InChI=1S/C14H19NO/c1-2-6-13(7-3-1)8-5-11-16-14-9-4-10-15-12-14/h1-3,5-8,14-15H,4,9-12H2/t14-/m0/s1. The summed E-state index contributed by atoms with van der Waals surface area (Å²) in [6, 6.07) is 10.3. The van der Waals surface area contributed by atoms with Gasteiger partial charge >= 0.3 is 0 Å². The molecule has 1 aromatic rings. The summed E-state index contributed by atoms with van der Waals surface area (Å²) in [6.07, 6.45) is 7.01. The van der Waals surface area contributed by atoms with Gasteiger partial charge in [0.2, 0.25) is 0 Å². The van der Waals surface area contributed by atoms with Crippen molar-refractivity contribution < 1.29 is 4.74 Å². The Kier molecular flexibility index (Phi) is 4.59. The number of rotatable bonds is 4. The van der Waals surface area contributed by atoms with Gasteiger partial charge in [0.05, 0.1) is 12.7 Å². The lowest BCUT2D eigenvalue weighted by Crippen LogP contribution is -2.35. The highest BCUT2D eigenvalue weighted by molar-refractivity contribution is 5.48. The molecular weight excluding hydrogens is 198 g/mol. The molecule has 0 spiro atoms. The maximum atomic E-state index is 5.76. The van der Waals surface area contributed by atoms with Gasteiger partial charge in [-0.1, -0.05) is 42.5 Å². The van der Waals surface area contributed by atoms with Crippen molar-refractivity contribution in [1.82, 2.24) is 5.32 Å². The molecule has 2 heteroatoms. The van der Waals surface area contributed by atoms with Gasteiger partial charge < -0.3 is 10.1 Å². The molecule has 0 bridgehead atoms. The van der Waals surface area contributed by atoms with Crippen molar-refractivity contribution in [2.75, 3.05) is 19.7 Å². The molecule has 1 aromatic carbocycles. The second-order valence-corrected chi connectivity index (χ2v) is 4.11. The van der Waals surface area contributed by atoms with Crippen LogP contribution < -0.4 is 5.32 Å². The quantitative estimate of drug-likeness (QED) is 0.836. The Labute approximate surface area is 97.3 Å². The van der Waals surface area contributed by atoms with E-state index in [4.69, 9.17) is 4.74 Å². The van der Waals surface area contributed by atoms with Gasteiger partial charge in [-0.15, -0.1) is 0 Å². The van der Waals surface area contributed by atoms with Crippen LogP contribution in [-0.2, 0) is 4.74 Å². The second-order valence-electron chi connectivity index (χ2n) is 4.11. The van der Waals surface area contributed by atoms with Gasteiger partial charge in [0.1, 0.15) is 0 Å². The fourth-order valence-electron chi connectivity index (χ4n) is 1.90. The summed E-state index contributed by atoms with van der Waals surface area (Å²) in [5.74, 6) is 0. The monoisotopic (exact) mass is 217 g/mol. The molecule has 86 valence electrons. The summed E-state index contributed by atoms with van der Waals surface area (Å²) in [5.41, 5.74) is 1.23. The van der Waals surface area contributed by atoms with Gasteiger partial charge in [-0.05, 0) is 24.9 Å². The summed E-state index contributed by atoms with van der Waals surface area (Å²) >= 11 is 0. The van der Waals surface area contributed by atoms with Gasteiger partial charge in [0.15, 0.2) is 0 Å². The van der Waals surface area contributed by atoms with E-state index in [9.17, 15) is 0 Å². The van der Waals surface area contributed by atoms with E-state index in [1.54, 1.807) is 0 Å². The predicted octanol–water partition coefficient (Wildman–Crippen LogP) is 2.47. The van der Waals surface area contributed by atoms with E-state index in [-0.39, 0.29) is 0 Å². The molecule has 1 saturated heterocycles. The smallest absolute Gasteiger partial charge is 0.0704 e. The highest BCUT2D eigenvalue weighted by Crippen LogP contribution is 2.06. The van der Waals surface area contributed by atoms with Gasteiger partial charge in [-0.25, -0.2) is 0 Å². The van der Waals surface area contributed by atoms with Crippen LogP contribution in [0.25, 0.3) is 6.08 Å². The average molecular weight is 217 g/mol. The minimum absolute atomic E-state index is 0.397. The molecule has 2 rings (SSSR count). The minimum atomic E-state index is 0.397. The van der Waals surface area contributed by atoms with Crippen LogP contribution in [0.5, 0.6) is 0 Å². The Hall–Kier alpha value is -1.12. The van der Waals surface area contributed by atoms with Crippen LogP contribution in [0.4, 0.5) is 0 Å². The fourth-order valence-corrected chi connectivity index (χ4v) is 1.90. The first-order valence-electron chi connectivity index (χ1n) is 5.99. The van der Waals surface area contributed by atoms with Crippen molar-refractivity contribution in [3.63, 3.8) is 0 Å². The Bertz CT molecular complexity index is 315. The van der Waals surface area contributed by atoms with Crippen LogP contribution in [0.2, 0.25) is 0 Å². The second kappa shape index (κ2) is 6.46. The first-order valence-corrected chi connectivity index (χ1v) is 5.99. The van der Waals surface area contributed by atoms with Crippen LogP contribution in [0.15, 0.2) is 36.4 Å². The molecule has 1 fully saturated rings. The summed E-state index contributed by atoms with van der Waals surface area (Å²) in [5, 5.41) is 3.34. The Morgan fingerprint density at radius 2 is 2.19 bits per heavy atom. The van der Waals surface area contributed by atoms with Crippen molar-refractivity contribution in [3.05, 3.63) is 42.0 Å². The molecule has 0 unspecified atom stereocenters. The molecule has 16 heavy (non-hydrogen) atoms. The van der Waals surface area contributed by atoms with E-state index in [0.29, 0.717) is 12.7 Å². The molecule has 0 amide bonds. The molecule has 1 atom stereocenters. The lowest BCUT2D eigenvalue weighted by molar-refractivity contribution is 0.0561. The molecular formula is C14H19NO. The largest absolute Gasteiger partial charge is 0.373 e. The number of benzene rings is 1. The third kappa shape index (κ3) is 3.80. The van der Waals surface area contributed by atoms with Crippen molar-refractivity contribution in [2.45, 2.75) is 18.9 Å². The molecule has 1 aliphatic rings. The zero-order chi connectivity index (χ0) is 11.1. The van der Waals surface area contributed by atoms with Crippen LogP contribution >= 0.6 is 0 Å². The van der Waals surface area contributed by atoms with Crippen LogP contribution in [0.1, 0.15) is 18.4 Å². The summed E-state index contributed by atoms with van der Waals surface area (Å²) in [4.78, 5) is 0. The molecule has 0 aliphatic carbocycles. The number of nitrogens with one attached hydrogen (secondary N) is 1. The molecule has 1 heterocycles. The van der Waals surface area contributed by atoms with Crippen molar-refractivity contribution >= 4 is 6.08 Å². The lowest BCUT2D eigenvalue weighted by atomic mass is 10.1. The zero-order valence-corrected chi connectivity index (χ0v) is 9.56. The minimum Gasteiger partial charge on any atom is -0.373 e. The Balaban J connectivity index is 1.69. The van der Waals surface area contributed by atoms with E-state index < -0.39 is 0 Å². The molecule has 0 saturated carbocycles. The summed E-state index contributed by atoms with van der Waals surface area (Å²) in [7, 11) is 0. The van der Waals surface area contributed by atoms with E-state index >= 15 is 0 Å². The first-order chi connectivity index (χ1) is 7.95. The SMILES string of the molecule is C(=Cc1ccccc1)CO[C@H]1CCCNC1. The van der Waals surface area contributed by atoms with Gasteiger partial charge in [0.25, 0.3) is 0 Å². The summed E-state index contributed by atoms with van der Waals surface area (Å²) in [6.45, 7) is 2.85. The number of hydrogen-bond acceptors (Lipinski definition) is 2. The number of ether oxygens (including phenoxy) is 1. The third-order valence-corrected chi connectivity index (χ3v) is 2.79. The van der Waals surface area contributed by atoms with Gasteiger partial charge in [0, 0.05) is 6.54 Å². The van der Waals surface area contributed by atoms with Crippen LogP contribution in [0, 0.1) is 0 Å². The Morgan fingerprint density at radius 3 is 2.94 bits per heavy atom. The normalized spacial score (nSPS) is 21.4. The number of piperidine rings is 1. The van der Waals surface area contributed by atoms with E-state index in [1.807, 2.05) is 18.2 Å². The number of hydrogen-bond donors (Lipinski definition) is 1. The first kappa shape index (κ1) is 11.4. The maximum absolute atomic E-state index is 5.76. The van der Waals surface area contributed by atoms with Crippen molar-refractivity contribution in [3.8, 4) is 0 Å². The average Bonchev–Trinajstić information content (AvgIpc) is 2.37. The lowest BCUT2D eigenvalue weighted by Gasteiger charge is -2.22. The van der Waals surface area contributed by atoms with Crippen molar-refractivity contribution in [1.29, 1.82) is 0 Å². The zero-order valence-electron chi connectivity index (χ0n) is 9.56. The van der Waals surface area contributed by atoms with Crippen molar-refractivity contribution in [2.24, 2.45) is 0 Å². The van der Waals surface area contributed by atoms with E-state index in [1.165, 1.54) is 18.4 Å². The van der Waals surface area contributed by atoms with Gasteiger partial charge in [-0.2, -0.15) is 0 Å². The highest BCUT2D eigenvalue weighted by atomic mass is 16.5. The van der Waals surface area contributed by atoms with E-state index in [2.05, 4.69) is 29.6 Å². The topological polar surface area (TPSA) is 21.3 Å². The van der Waals surface area contributed by atoms with E-state index in [0.717, 1.165) is 13.1 Å². The summed E-state index contributed by atoms with van der Waals surface area (Å²) < 4.78 is 5.76. The fraction of sp³-hybridized carbons (Fsp3) is 0.429. The Morgan fingerprint density at radius 1 is 1.31 bits per heavy atom. The predicted molar refractivity (Wildman–Crippen MR) is 67.3 cm³/mol. The third-order valence-electron chi connectivity index (χ3n) is 2.79. The maximum Gasteiger partial charge on any atom is 0.0704 e. The van der Waals surface area contributed by atoms with Crippen LogP contribution in [0.3, 0.4) is 0 Å². The molecule has 2 nitrogen and oxygen atoms in total. The molecule has 0 aromatic heterocycles. The molecule has 1 N–H and O–H groups in total.